The van der Waals surface area contributed by atoms with Gasteiger partial charge in [0.2, 0.25) is 0 Å². The summed E-state index contributed by atoms with van der Waals surface area (Å²) >= 11 is 6.09. The molecule has 0 bridgehead atoms. The summed E-state index contributed by atoms with van der Waals surface area (Å²) in [4.78, 5) is 39.5. The van der Waals surface area contributed by atoms with Gasteiger partial charge in [0, 0.05) is 17.1 Å². The number of hydrogen-bond acceptors (Lipinski definition) is 6. The molecule has 1 N–H and O–H groups in total. The van der Waals surface area contributed by atoms with E-state index >= 15 is 0 Å². The van der Waals surface area contributed by atoms with Crippen LogP contribution in [0.2, 0.25) is 5.02 Å². The lowest BCUT2D eigenvalue weighted by molar-refractivity contribution is -0.140. The number of methoxy groups -OCH3 is 2. The molecule has 1 amide bonds. The number of aliphatic hydroxyl groups is 1. The average Bonchev–Trinajstić information content (AvgIpc) is 3.13. The summed E-state index contributed by atoms with van der Waals surface area (Å²) in [5, 5.41) is 11.5. The lowest BCUT2D eigenvalue weighted by Crippen LogP contribution is -2.29. The molecule has 0 radical (unpaired) electrons. The van der Waals surface area contributed by atoms with Crippen LogP contribution in [0.5, 0.6) is 5.75 Å². The maximum absolute atomic E-state index is 13.2. The van der Waals surface area contributed by atoms with E-state index in [2.05, 4.69) is 0 Å². The average molecular weight is 492 g/mol. The number of hydrogen-bond donors (Lipinski definition) is 1. The van der Waals surface area contributed by atoms with E-state index in [1.165, 1.54) is 25.2 Å². The molecule has 1 aliphatic rings. The highest BCUT2D eigenvalue weighted by Gasteiger charge is 2.46. The van der Waals surface area contributed by atoms with Crippen LogP contribution in [0.25, 0.3) is 5.76 Å². The molecule has 1 fully saturated rings. The van der Waals surface area contributed by atoms with E-state index in [4.69, 9.17) is 21.1 Å². The number of amides is 1. The van der Waals surface area contributed by atoms with Gasteiger partial charge in [0.05, 0.1) is 31.4 Å². The van der Waals surface area contributed by atoms with Crippen molar-refractivity contribution in [2.45, 2.75) is 12.6 Å². The van der Waals surface area contributed by atoms with Crippen molar-refractivity contribution in [1.29, 1.82) is 0 Å². The fraction of sp³-hybridized carbons (Fsp3) is 0.148. The van der Waals surface area contributed by atoms with Gasteiger partial charge in [0.15, 0.2) is 0 Å². The number of aliphatic hydroxyl groups excluding tert-OH is 1. The van der Waals surface area contributed by atoms with E-state index < -0.39 is 23.7 Å². The second kappa shape index (κ2) is 10.0. The Balaban J connectivity index is 1.82. The van der Waals surface area contributed by atoms with Crippen LogP contribution in [0.4, 0.5) is 0 Å². The second-order valence-corrected chi connectivity index (χ2v) is 8.34. The zero-order chi connectivity index (χ0) is 25.1. The molecule has 1 atom stereocenters. The Morgan fingerprint density at radius 3 is 2.34 bits per heavy atom. The Hall–Kier alpha value is -4.10. The number of Topliss-reactive ketones (excluding diaryl/α,β-unsaturated/α-hetero) is 1. The highest BCUT2D eigenvalue weighted by atomic mass is 35.5. The van der Waals surface area contributed by atoms with Crippen molar-refractivity contribution in [1.82, 2.24) is 4.90 Å². The van der Waals surface area contributed by atoms with Crippen molar-refractivity contribution >= 4 is 35.0 Å². The molecule has 7 nitrogen and oxygen atoms in total. The van der Waals surface area contributed by atoms with Gasteiger partial charge >= 0.3 is 5.97 Å². The van der Waals surface area contributed by atoms with Crippen molar-refractivity contribution in [3.8, 4) is 5.75 Å². The molecule has 0 saturated carbocycles. The third-order valence-electron chi connectivity index (χ3n) is 5.78. The maximum Gasteiger partial charge on any atom is 0.337 e. The number of likely N-dealkylation sites (tertiary alicyclic amines) is 1. The van der Waals surface area contributed by atoms with E-state index in [1.54, 1.807) is 66.7 Å². The van der Waals surface area contributed by atoms with E-state index in [0.717, 1.165) is 0 Å². The van der Waals surface area contributed by atoms with Crippen molar-refractivity contribution in [2.75, 3.05) is 14.2 Å². The normalized spacial score (nSPS) is 16.9. The molecule has 1 unspecified atom stereocenters. The summed E-state index contributed by atoms with van der Waals surface area (Å²) in [5.41, 5.74) is 1.93. The third kappa shape index (κ3) is 4.76. The van der Waals surface area contributed by atoms with Crippen LogP contribution in [-0.2, 0) is 20.9 Å². The molecule has 3 aromatic carbocycles. The highest BCUT2D eigenvalue weighted by molar-refractivity contribution is 6.46. The molecule has 0 spiro atoms. The summed E-state index contributed by atoms with van der Waals surface area (Å²) in [7, 11) is 2.81. The maximum atomic E-state index is 13.2. The summed E-state index contributed by atoms with van der Waals surface area (Å²) in [5.74, 6) is -1.81. The molecular formula is C27H22ClNO6. The van der Waals surface area contributed by atoms with E-state index in [0.29, 0.717) is 33.0 Å². The minimum Gasteiger partial charge on any atom is -0.507 e. The lowest BCUT2D eigenvalue weighted by Gasteiger charge is -2.26. The standard InChI is InChI=1S/C27H22ClNO6/c1-34-21-8-4-5-18(14-21)23-22(24(30)19-6-3-7-20(28)13-19)25(31)26(32)29(23)15-16-9-11-17(12-10-16)27(33)35-2/h3-14,23,30H,15H2,1-2H3/b24-22+. The predicted octanol–water partition coefficient (Wildman–Crippen LogP) is 4.76. The number of ether oxygens (including phenoxy) is 2. The Morgan fingerprint density at radius 1 is 0.971 bits per heavy atom. The summed E-state index contributed by atoms with van der Waals surface area (Å²) < 4.78 is 10.1. The number of nitrogens with zero attached hydrogens (tertiary/aromatic N) is 1. The number of carbonyl (C=O) groups excluding carboxylic acids is 3. The van der Waals surface area contributed by atoms with Crippen molar-refractivity contribution in [3.05, 3.63) is 106 Å². The van der Waals surface area contributed by atoms with Gasteiger partial charge in [-0.25, -0.2) is 4.79 Å². The molecule has 4 rings (SSSR count). The van der Waals surface area contributed by atoms with Gasteiger partial charge in [0.25, 0.3) is 11.7 Å². The Kier molecular flexibility index (Phi) is 6.89. The van der Waals surface area contributed by atoms with Crippen LogP contribution in [-0.4, -0.2) is 41.9 Å². The van der Waals surface area contributed by atoms with Crippen LogP contribution in [0.1, 0.15) is 33.1 Å². The van der Waals surface area contributed by atoms with E-state index in [-0.39, 0.29) is 17.9 Å². The number of esters is 1. The van der Waals surface area contributed by atoms with Crippen molar-refractivity contribution < 1.29 is 29.0 Å². The fourth-order valence-corrected chi connectivity index (χ4v) is 4.24. The molecular weight excluding hydrogens is 470 g/mol. The summed E-state index contributed by atoms with van der Waals surface area (Å²) in [6, 6.07) is 19.1. The number of benzene rings is 3. The lowest BCUT2D eigenvalue weighted by atomic mass is 9.95. The Labute approximate surface area is 207 Å². The zero-order valence-electron chi connectivity index (χ0n) is 19.0. The molecule has 1 aliphatic heterocycles. The van der Waals surface area contributed by atoms with Crippen LogP contribution in [0.15, 0.2) is 78.4 Å². The van der Waals surface area contributed by atoms with Gasteiger partial charge in [-0.1, -0.05) is 48.0 Å². The molecule has 0 aromatic heterocycles. The summed E-state index contributed by atoms with van der Waals surface area (Å²) in [6.45, 7) is 0.0697. The zero-order valence-corrected chi connectivity index (χ0v) is 19.8. The quantitative estimate of drug-likeness (QED) is 0.231. The third-order valence-corrected chi connectivity index (χ3v) is 6.01. The van der Waals surface area contributed by atoms with Gasteiger partial charge in [-0.05, 0) is 47.5 Å². The van der Waals surface area contributed by atoms with Crippen LogP contribution < -0.4 is 4.74 Å². The van der Waals surface area contributed by atoms with Crippen molar-refractivity contribution in [2.24, 2.45) is 0 Å². The minimum absolute atomic E-state index is 0.0447. The summed E-state index contributed by atoms with van der Waals surface area (Å²) in [6.07, 6.45) is 0. The molecule has 1 heterocycles. The molecule has 1 saturated heterocycles. The van der Waals surface area contributed by atoms with Crippen LogP contribution >= 0.6 is 11.6 Å². The Bertz CT molecular complexity index is 1330. The molecule has 35 heavy (non-hydrogen) atoms. The minimum atomic E-state index is -0.871. The van der Waals surface area contributed by atoms with Crippen LogP contribution in [0, 0.1) is 0 Å². The number of halogens is 1. The van der Waals surface area contributed by atoms with Gasteiger partial charge < -0.3 is 19.5 Å². The van der Waals surface area contributed by atoms with Crippen LogP contribution in [0.3, 0.4) is 0 Å². The van der Waals surface area contributed by atoms with Gasteiger partial charge in [-0.15, -0.1) is 0 Å². The second-order valence-electron chi connectivity index (χ2n) is 7.90. The van der Waals surface area contributed by atoms with Gasteiger partial charge in [-0.2, -0.15) is 0 Å². The molecule has 178 valence electrons. The predicted molar refractivity (Wildman–Crippen MR) is 130 cm³/mol. The number of carbonyl (C=O) groups is 3. The van der Waals surface area contributed by atoms with Crippen molar-refractivity contribution in [3.63, 3.8) is 0 Å². The monoisotopic (exact) mass is 491 g/mol. The topological polar surface area (TPSA) is 93.1 Å². The first-order chi connectivity index (χ1) is 16.8. The first-order valence-corrected chi connectivity index (χ1v) is 11.1. The fourth-order valence-electron chi connectivity index (χ4n) is 4.05. The number of rotatable bonds is 6. The number of ketones is 1. The smallest absolute Gasteiger partial charge is 0.337 e. The largest absolute Gasteiger partial charge is 0.507 e. The highest BCUT2D eigenvalue weighted by Crippen LogP contribution is 2.41. The molecule has 0 aliphatic carbocycles. The van der Waals surface area contributed by atoms with E-state index in [1.807, 2.05) is 0 Å². The Morgan fingerprint density at radius 2 is 1.69 bits per heavy atom. The molecule has 8 heteroatoms. The first kappa shape index (κ1) is 24.0. The SMILES string of the molecule is COC(=O)c1ccc(CN2C(=O)C(=O)/C(=C(/O)c3cccc(Cl)c3)C2c2cccc(OC)c2)cc1. The molecule has 3 aromatic rings. The van der Waals surface area contributed by atoms with Gasteiger partial charge in [0.1, 0.15) is 11.5 Å². The van der Waals surface area contributed by atoms with E-state index in [9.17, 15) is 19.5 Å². The first-order valence-electron chi connectivity index (χ1n) is 10.7. The van der Waals surface area contributed by atoms with Gasteiger partial charge in [-0.3, -0.25) is 9.59 Å².